The molecule has 0 spiro atoms. The molecule has 0 saturated carbocycles. The van der Waals surface area contributed by atoms with Crippen molar-refractivity contribution in [2.24, 2.45) is 0 Å². The summed E-state index contributed by atoms with van der Waals surface area (Å²) in [6.07, 6.45) is -5.04. The van der Waals surface area contributed by atoms with E-state index in [1.165, 1.54) is 0 Å². The SMILES string of the molecule is Cc1nc(OC(F)(F)F)c(O)cc1S(=O)(=O)Cl. The van der Waals surface area contributed by atoms with Crippen LogP contribution in [-0.4, -0.2) is 24.9 Å². The van der Waals surface area contributed by atoms with Crippen molar-refractivity contribution in [1.29, 1.82) is 0 Å². The first-order chi connectivity index (χ1) is 7.50. The lowest BCUT2D eigenvalue weighted by molar-refractivity contribution is -0.276. The summed E-state index contributed by atoms with van der Waals surface area (Å²) in [6, 6.07) is 0.533. The maximum Gasteiger partial charge on any atom is 0.574 e. The molecule has 0 atom stereocenters. The highest BCUT2D eigenvalue weighted by Gasteiger charge is 2.34. The number of aromatic nitrogens is 1. The number of hydrogen-bond donors (Lipinski definition) is 1. The molecule has 1 aromatic rings. The minimum atomic E-state index is -5.04. The van der Waals surface area contributed by atoms with Crippen molar-refractivity contribution in [1.82, 2.24) is 4.98 Å². The Balaban J connectivity index is 3.29. The van der Waals surface area contributed by atoms with Gasteiger partial charge in [0.2, 0.25) is 0 Å². The maximum absolute atomic E-state index is 11.9. The van der Waals surface area contributed by atoms with Crippen molar-refractivity contribution in [2.75, 3.05) is 0 Å². The molecule has 1 heterocycles. The van der Waals surface area contributed by atoms with Gasteiger partial charge in [-0.15, -0.1) is 13.2 Å². The summed E-state index contributed by atoms with van der Waals surface area (Å²) >= 11 is 0. The summed E-state index contributed by atoms with van der Waals surface area (Å²) in [5.41, 5.74) is -0.322. The van der Waals surface area contributed by atoms with Crippen molar-refractivity contribution < 1.29 is 31.4 Å². The fourth-order valence-electron chi connectivity index (χ4n) is 0.987. The van der Waals surface area contributed by atoms with E-state index < -0.39 is 31.9 Å². The highest BCUT2D eigenvalue weighted by Crippen LogP contribution is 2.33. The van der Waals surface area contributed by atoms with Crippen molar-refractivity contribution in [2.45, 2.75) is 18.2 Å². The van der Waals surface area contributed by atoms with Crippen LogP contribution in [0.25, 0.3) is 0 Å². The molecule has 0 aliphatic heterocycles. The van der Waals surface area contributed by atoms with E-state index >= 15 is 0 Å². The minimum absolute atomic E-state index is 0.322. The second-order valence-electron chi connectivity index (χ2n) is 2.88. The molecule has 17 heavy (non-hydrogen) atoms. The molecule has 0 aliphatic rings. The van der Waals surface area contributed by atoms with Gasteiger partial charge in [0.15, 0.2) is 5.75 Å². The number of alkyl halides is 3. The molecule has 0 aliphatic carbocycles. The topological polar surface area (TPSA) is 76.5 Å². The molecular weight excluding hydrogens is 287 g/mol. The smallest absolute Gasteiger partial charge is 0.503 e. The Labute approximate surface area is 98.2 Å². The van der Waals surface area contributed by atoms with E-state index in [2.05, 4.69) is 9.72 Å². The average molecular weight is 292 g/mol. The Kier molecular flexibility index (Phi) is 3.44. The van der Waals surface area contributed by atoms with Gasteiger partial charge in [-0.25, -0.2) is 13.4 Å². The van der Waals surface area contributed by atoms with Gasteiger partial charge in [0.05, 0.1) is 5.69 Å². The number of aryl methyl sites for hydroxylation is 1. The van der Waals surface area contributed by atoms with Crippen LogP contribution in [0.3, 0.4) is 0 Å². The molecule has 0 aromatic carbocycles. The number of halogens is 4. The van der Waals surface area contributed by atoms with Crippen LogP contribution in [0.1, 0.15) is 5.69 Å². The molecule has 0 fully saturated rings. The average Bonchev–Trinajstić information content (AvgIpc) is 2.06. The van der Waals surface area contributed by atoms with Crippen LogP contribution in [-0.2, 0) is 9.05 Å². The lowest BCUT2D eigenvalue weighted by Gasteiger charge is -2.11. The molecule has 1 aromatic heterocycles. The van der Waals surface area contributed by atoms with Crippen LogP contribution in [0.4, 0.5) is 13.2 Å². The van der Waals surface area contributed by atoms with Crippen LogP contribution in [0.15, 0.2) is 11.0 Å². The monoisotopic (exact) mass is 291 g/mol. The third-order valence-electron chi connectivity index (χ3n) is 1.59. The highest BCUT2D eigenvalue weighted by atomic mass is 35.7. The van der Waals surface area contributed by atoms with E-state index in [0.29, 0.717) is 6.07 Å². The molecule has 10 heteroatoms. The Morgan fingerprint density at radius 1 is 1.47 bits per heavy atom. The quantitative estimate of drug-likeness (QED) is 0.843. The van der Waals surface area contributed by atoms with Crippen LogP contribution in [0, 0.1) is 6.92 Å². The molecular formula is C7H5ClF3NO4S. The number of ether oxygens (including phenoxy) is 1. The second kappa shape index (κ2) is 4.22. The van der Waals surface area contributed by atoms with Crippen LogP contribution in [0.5, 0.6) is 11.6 Å². The molecule has 0 bridgehead atoms. The molecule has 0 saturated heterocycles. The maximum atomic E-state index is 11.9. The zero-order valence-corrected chi connectivity index (χ0v) is 9.69. The van der Waals surface area contributed by atoms with Crippen LogP contribution < -0.4 is 4.74 Å². The van der Waals surface area contributed by atoms with E-state index in [1.54, 1.807) is 0 Å². The summed E-state index contributed by atoms with van der Waals surface area (Å²) in [6.45, 7) is 1.11. The fourth-order valence-corrected chi connectivity index (χ4v) is 2.11. The highest BCUT2D eigenvalue weighted by molar-refractivity contribution is 8.13. The van der Waals surface area contributed by atoms with Gasteiger partial charge in [-0.2, -0.15) is 0 Å². The van der Waals surface area contributed by atoms with Gasteiger partial charge in [-0.3, -0.25) is 0 Å². The largest absolute Gasteiger partial charge is 0.574 e. The van der Waals surface area contributed by atoms with E-state index in [1.807, 2.05) is 0 Å². The summed E-state index contributed by atoms with van der Waals surface area (Å²) in [7, 11) is 0.776. The van der Waals surface area contributed by atoms with Crippen molar-refractivity contribution in [3.05, 3.63) is 11.8 Å². The predicted octanol–water partition coefficient (Wildman–Crippen LogP) is 1.92. The van der Waals surface area contributed by atoms with Crippen molar-refractivity contribution in [3.63, 3.8) is 0 Å². The molecule has 1 N–H and O–H groups in total. The number of pyridine rings is 1. The first kappa shape index (κ1) is 13.8. The second-order valence-corrected chi connectivity index (χ2v) is 5.42. The first-order valence-electron chi connectivity index (χ1n) is 3.92. The Bertz CT molecular complexity index is 543. The fraction of sp³-hybridized carbons (Fsp3) is 0.286. The van der Waals surface area contributed by atoms with Gasteiger partial charge in [0, 0.05) is 16.7 Å². The number of aromatic hydroxyl groups is 1. The lowest BCUT2D eigenvalue weighted by atomic mass is 10.3. The molecule has 96 valence electrons. The normalized spacial score (nSPS) is 12.5. The zero-order valence-electron chi connectivity index (χ0n) is 8.12. The zero-order chi connectivity index (χ0) is 13.4. The molecule has 5 nitrogen and oxygen atoms in total. The van der Waals surface area contributed by atoms with Crippen molar-refractivity contribution in [3.8, 4) is 11.6 Å². The third-order valence-corrected chi connectivity index (χ3v) is 3.03. The van der Waals surface area contributed by atoms with Gasteiger partial charge < -0.3 is 9.84 Å². The van der Waals surface area contributed by atoms with Crippen LogP contribution in [0.2, 0.25) is 0 Å². The van der Waals surface area contributed by atoms with E-state index in [0.717, 1.165) is 6.92 Å². The molecule has 0 amide bonds. The Hall–Kier alpha value is -1.22. The van der Waals surface area contributed by atoms with E-state index in [9.17, 15) is 21.6 Å². The van der Waals surface area contributed by atoms with Crippen molar-refractivity contribution >= 4 is 19.7 Å². The Morgan fingerprint density at radius 3 is 2.41 bits per heavy atom. The van der Waals surface area contributed by atoms with Gasteiger partial charge in [0.25, 0.3) is 14.9 Å². The summed E-state index contributed by atoms with van der Waals surface area (Å²) in [4.78, 5) is 2.58. The predicted molar refractivity (Wildman–Crippen MR) is 50.4 cm³/mol. The number of nitrogens with zero attached hydrogens (tertiary/aromatic N) is 1. The van der Waals surface area contributed by atoms with Gasteiger partial charge >= 0.3 is 6.36 Å². The van der Waals surface area contributed by atoms with Gasteiger partial charge in [-0.1, -0.05) is 0 Å². The number of hydrogen-bond acceptors (Lipinski definition) is 5. The van der Waals surface area contributed by atoms with E-state index in [-0.39, 0.29) is 5.69 Å². The third kappa shape index (κ3) is 3.63. The standard InChI is InChI=1S/C7H5ClF3NO4S/c1-3-5(17(8,14)15)2-4(13)6(12-3)16-7(9,10)11/h2,13H,1H3. The first-order valence-corrected chi connectivity index (χ1v) is 6.22. The summed E-state index contributed by atoms with van der Waals surface area (Å²) in [5.74, 6) is -2.22. The van der Waals surface area contributed by atoms with Crippen LogP contribution >= 0.6 is 10.7 Å². The molecule has 1 rings (SSSR count). The van der Waals surface area contributed by atoms with Gasteiger partial charge in [0.1, 0.15) is 4.90 Å². The number of rotatable bonds is 2. The summed E-state index contributed by atoms with van der Waals surface area (Å²) < 4.78 is 60.9. The molecule has 0 radical (unpaired) electrons. The molecule has 0 unspecified atom stereocenters. The lowest BCUT2D eigenvalue weighted by Crippen LogP contribution is -2.18. The summed E-state index contributed by atoms with van der Waals surface area (Å²) in [5, 5.41) is 9.13. The minimum Gasteiger partial charge on any atom is -0.503 e. The van der Waals surface area contributed by atoms with Gasteiger partial charge in [-0.05, 0) is 6.92 Å². The van der Waals surface area contributed by atoms with E-state index in [4.69, 9.17) is 15.8 Å². The Morgan fingerprint density at radius 2 is 2.00 bits per heavy atom.